The van der Waals surface area contributed by atoms with Crippen LogP contribution in [0.5, 0.6) is 5.75 Å². The fourth-order valence-corrected chi connectivity index (χ4v) is 1.77. The minimum absolute atomic E-state index is 0.196. The fraction of sp³-hybridized carbons (Fsp3) is 0.154. The van der Waals surface area contributed by atoms with Gasteiger partial charge in [0.2, 0.25) is 0 Å². The highest BCUT2D eigenvalue weighted by molar-refractivity contribution is 5.88. The van der Waals surface area contributed by atoms with Crippen LogP contribution in [0.25, 0.3) is 10.8 Å². The Kier molecular flexibility index (Phi) is 2.49. The Morgan fingerprint density at radius 3 is 2.62 bits per heavy atom. The SMILES string of the molecule is COc1cc2cc(C#N)cc(C)c2cc1F. The van der Waals surface area contributed by atoms with E-state index in [1.807, 2.05) is 6.92 Å². The van der Waals surface area contributed by atoms with Gasteiger partial charge in [-0.2, -0.15) is 5.26 Å². The highest BCUT2D eigenvalue weighted by Crippen LogP contribution is 2.27. The Labute approximate surface area is 92.9 Å². The molecule has 0 aromatic heterocycles. The average molecular weight is 215 g/mol. The summed E-state index contributed by atoms with van der Waals surface area (Å²) < 4.78 is 18.4. The zero-order valence-corrected chi connectivity index (χ0v) is 9.04. The van der Waals surface area contributed by atoms with Crippen LogP contribution in [-0.4, -0.2) is 7.11 Å². The molecule has 0 heterocycles. The summed E-state index contributed by atoms with van der Waals surface area (Å²) in [5.41, 5.74) is 1.45. The number of nitrogens with zero attached hydrogens (tertiary/aromatic N) is 1. The lowest BCUT2D eigenvalue weighted by molar-refractivity contribution is 0.387. The van der Waals surface area contributed by atoms with Crippen molar-refractivity contribution in [3.8, 4) is 11.8 Å². The lowest BCUT2D eigenvalue weighted by Gasteiger charge is -2.07. The van der Waals surface area contributed by atoms with Crippen molar-refractivity contribution in [2.75, 3.05) is 7.11 Å². The van der Waals surface area contributed by atoms with Crippen molar-refractivity contribution in [1.29, 1.82) is 5.26 Å². The number of halogens is 1. The van der Waals surface area contributed by atoms with E-state index in [4.69, 9.17) is 10.00 Å². The molecule has 0 aliphatic carbocycles. The van der Waals surface area contributed by atoms with Gasteiger partial charge in [0.05, 0.1) is 18.7 Å². The number of fused-ring (bicyclic) bond motifs is 1. The molecule has 0 unspecified atom stereocenters. The molecule has 3 heteroatoms. The molecule has 0 fully saturated rings. The Balaban J connectivity index is 2.81. The van der Waals surface area contributed by atoms with Gasteiger partial charge < -0.3 is 4.74 Å². The molecule has 0 saturated carbocycles. The third-order valence-electron chi connectivity index (χ3n) is 2.56. The van der Waals surface area contributed by atoms with Crippen LogP contribution in [0.15, 0.2) is 24.3 Å². The van der Waals surface area contributed by atoms with Crippen molar-refractivity contribution in [2.24, 2.45) is 0 Å². The van der Waals surface area contributed by atoms with E-state index < -0.39 is 0 Å². The van der Waals surface area contributed by atoms with Crippen LogP contribution < -0.4 is 4.74 Å². The number of hydrogen-bond acceptors (Lipinski definition) is 2. The summed E-state index contributed by atoms with van der Waals surface area (Å²) in [5, 5.41) is 10.5. The lowest BCUT2D eigenvalue weighted by atomic mass is 10.0. The van der Waals surface area contributed by atoms with Gasteiger partial charge in [0, 0.05) is 0 Å². The molecule has 2 rings (SSSR count). The zero-order chi connectivity index (χ0) is 11.7. The maximum atomic E-state index is 13.5. The Morgan fingerprint density at radius 2 is 2.00 bits per heavy atom. The predicted octanol–water partition coefficient (Wildman–Crippen LogP) is 3.17. The summed E-state index contributed by atoms with van der Waals surface area (Å²) in [5.74, 6) is -0.190. The third-order valence-corrected chi connectivity index (χ3v) is 2.56. The molecule has 16 heavy (non-hydrogen) atoms. The fourth-order valence-electron chi connectivity index (χ4n) is 1.77. The second-order valence-corrected chi connectivity index (χ2v) is 3.61. The van der Waals surface area contributed by atoms with Gasteiger partial charge in [-0.3, -0.25) is 0 Å². The Hall–Kier alpha value is -2.08. The van der Waals surface area contributed by atoms with E-state index in [0.29, 0.717) is 5.56 Å². The lowest BCUT2D eigenvalue weighted by Crippen LogP contribution is -1.90. The molecule has 2 aromatic carbocycles. The molecule has 80 valence electrons. The third kappa shape index (κ3) is 1.59. The molecule has 0 atom stereocenters. The molecule has 0 bridgehead atoms. The number of benzene rings is 2. The van der Waals surface area contributed by atoms with Gasteiger partial charge in [-0.1, -0.05) is 0 Å². The Morgan fingerprint density at radius 1 is 1.25 bits per heavy atom. The number of nitriles is 1. The second kappa shape index (κ2) is 3.82. The minimum atomic E-state index is -0.386. The standard InChI is InChI=1S/C13H10FNO/c1-8-3-9(7-15)4-10-5-13(16-2)12(14)6-11(8)10/h3-6H,1-2H3. The van der Waals surface area contributed by atoms with Crippen molar-refractivity contribution in [2.45, 2.75) is 6.92 Å². The highest BCUT2D eigenvalue weighted by Gasteiger charge is 2.07. The first-order chi connectivity index (χ1) is 7.65. The molecule has 0 saturated heterocycles. The first kappa shape index (κ1) is 10.4. The van der Waals surface area contributed by atoms with Gasteiger partial charge >= 0.3 is 0 Å². The summed E-state index contributed by atoms with van der Waals surface area (Å²) in [6.45, 7) is 1.86. The van der Waals surface area contributed by atoms with Crippen LogP contribution >= 0.6 is 0 Å². The maximum Gasteiger partial charge on any atom is 0.165 e. The molecule has 0 spiro atoms. The van der Waals surface area contributed by atoms with E-state index >= 15 is 0 Å². The molecule has 2 aromatic rings. The smallest absolute Gasteiger partial charge is 0.165 e. The summed E-state index contributed by atoms with van der Waals surface area (Å²) in [7, 11) is 1.42. The normalized spacial score (nSPS) is 10.1. The number of aryl methyl sites for hydroxylation is 1. The van der Waals surface area contributed by atoms with Crippen LogP contribution in [0.4, 0.5) is 4.39 Å². The van der Waals surface area contributed by atoms with Crippen LogP contribution in [-0.2, 0) is 0 Å². The minimum Gasteiger partial charge on any atom is -0.494 e. The molecule has 0 aliphatic rings. The van der Waals surface area contributed by atoms with E-state index in [-0.39, 0.29) is 11.6 Å². The topological polar surface area (TPSA) is 33.0 Å². The van der Waals surface area contributed by atoms with E-state index in [1.165, 1.54) is 13.2 Å². The molecule has 0 N–H and O–H groups in total. The van der Waals surface area contributed by atoms with Crippen LogP contribution in [0.2, 0.25) is 0 Å². The van der Waals surface area contributed by atoms with Crippen LogP contribution in [0.3, 0.4) is 0 Å². The van der Waals surface area contributed by atoms with Crippen molar-refractivity contribution in [3.63, 3.8) is 0 Å². The van der Waals surface area contributed by atoms with Gasteiger partial charge in [-0.05, 0) is 47.5 Å². The maximum absolute atomic E-state index is 13.5. The van der Waals surface area contributed by atoms with Gasteiger partial charge in [-0.15, -0.1) is 0 Å². The van der Waals surface area contributed by atoms with Crippen LogP contribution in [0, 0.1) is 24.1 Å². The molecule has 0 radical (unpaired) electrons. The summed E-state index contributed by atoms with van der Waals surface area (Å²) in [6, 6.07) is 8.59. The van der Waals surface area contributed by atoms with E-state index in [1.54, 1.807) is 18.2 Å². The molecule has 0 amide bonds. The number of methoxy groups -OCH3 is 1. The van der Waals surface area contributed by atoms with E-state index in [0.717, 1.165) is 16.3 Å². The van der Waals surface area contributed by atoms with Crippen molar-refractivity contribution < 1.29 is 9.13 Å². The first-order valence-electron chi connectivity index (χ1n) is 4.83. The first-order valence-corrected chi connectivity index (χ1v) is 4.83. The quantitative estimate of drug-likeness (QED) is 0.732. The summed E-state index contributed by atoms with van der Waals surface area (Å²) >= 11 is 0. The molecule has 0 aliphatic heterocycles. The van der Waals surface area contributed by atoms with Crippen LogP contribution in [0.1, 0.15) is 11.1 Å². The Bertz CT molecular complexity index is 599. The predicted molar refractivity (Wildman–Crippen MR) is 59.9 cm³/mol. The van der Waals surface area contributed by atoms with Gasteiger partial charge in [0.1, 0.15) is 0 Å². The van der Waals surface area contributed by atoms with Gasteiger partial charge in [0.15, 0.2) is 11.6 Å². The number of hydrogen-bond donors (Lipinski definition) is 0. The molecular formula is C13H10FNO. The van der Waals surface area contributed by atoms with E-state index in [9.17, 15) is 4.39 Å². The van der Waals surface area contributed by atoms with Gasteiger partial charge in [0.25, 0.3) is 0 Å². The van der Waals surface area contributed by atoms with Crippen molar-refractivity contribution in [3.05, 3.63) is 41.2 Å². The van der Waals surface area contributed by atoms with E-state index in [2.05, 4.69) is 6.07 Å². The highest BCUT2D eigenvalue weighted by atomic mass is 19.1. The second-order valence-electron chi connectivity index (χ2n) is 3.61. The zero-order valence-electron chi connectivity index (χ0n) is 9.04. The monoisotopic (exact) mass is 215 g/mol. The summed E-state index contributed by atoms with van der Waals surface area (Å²) in [6.07, 6.45) is 0. The van der Waals surface area contributed by atoms with Gasteiger partial charge in [-0.25, -0.2) is 4.39 Å². The van der Waals surface area contributed by atoms with Crippen molar-refractivity contribution in [1.82, 2.24) is 0 Å². The molecular weight excluding hydrogens is 205 g/mol. The average Bonchev–Trinajstić information content (AvgIpc) is 2.29. The number of ether oxygens (including phenoxy) is 1. The largest absolute Gasteiger partial charge is 0.494 e. The summed E-state index contributed by atoms with van der Waals surface area (Å²) in [4.78, 5) is 0. The molecule has 2 nitrogen and oxygen atoms in total. The van der Waals surface area contributed by atoms with Crippen molar-refractivity contribution >= 4 is 10.8 Å². The number of rotatable bonds is 1.